The number of amides is 1. The van der Waals surface area contributed by atoms with Crippen LogP contribution in [-0.2, 0) is 6.54 Å². The zero-order valence-electron chi connectivity index (χ0n) is 12.9. The quantitative estimate of drug-likeness (QED) is 0.672. The van der Waals surface area contributed by atoms with Gasteiger partial charge in [-0.3, -0.25) is 4.79 Å². The Kier molecular flexibility index (Phi) is 4.38. The van der Waals surface area contributed by atoms with E-state index in [1.807, 2.05) is 42.6 Å². The van der Waals surface area contributed by atoms with E-state index < -0.39 is 0 Å². The summed E-state index contributed by atoms with van der Waals surface area (Å²) < 4.78 is 0. The van der Waals surface area contributed by atoms with Crippen LogP contribution in [0.25, 0.3) is 0 Å². The van der Waals surface area contributed by atoms with Gasteiger partial charge < -0.3 is 10.6 Å². The fourth-order valence-corrected chi connectivity index (χ4v) is 2.74. The highest BCUT2D eigenvalue weighted by Gasteiger charge is 2.16. The molecular formula is C16H17N5OS. The monoisotopic (exact) mass is 327 g/mol. The van der Waals surface area contributed by atoms with Crippen molar-refractivity contribution in [3.05, 3.63) is 57.4 Å². The van der Waals surface area contributed by atoms with E-state index in [2.05, 4.69) is 33.0 Å². The lowest BCUT2D eigenvalue weighted by Crippen LogP contribution is -2.23. The molecule has 2 heterocycles. The summed E-state index contributed by atoms with van der Waals surface area (Å²) in [5.74, 6) is 0.149. The third-order valence-electron chi connectivity index (χ3n) is 3.54. The molecule has 1 amide bonds. The van der Waals surface area contributed by atoms with Gasteiger partial charge in [-0.2, -0.15) is 5.21 Å². The Morgan fingerprint density at radius 3 is 2.83 bits per heavy atom. The molecule has 0 aliphatic carbocycles. The van der Waals surface area contributed by atoms with Crippen molar-refractivity contribution < 1.29 is 4.79 Å². The van der Waals surface area contributed by atoms with Crippen LogP contribution in [0, 0.1) is 13.8 Å². The van der Waals surface area contributed by atoms with Crippen molar-refractivity contribution in [1.29, 1.82) is 0 Å². The smallest absolute Gasteiger partial charge is 0.276 e. The lowest BCUT2D eigenvalue weighted by atomic mass is 10.1. The van der Waals surface area contributed by atoms with Crippen molar-refractivity contribution in [3.63, 3.8) is 0 Å². The Hall–Kier alpha value is -2.67. The molecule has 2 aromatic heterocycles. The van der Waals surface area contributed by atoms with Gasteiger partial charge in [-0.15, -0.1) is 21.5 Å². The molecule has 0 atom stereocenters. The lowest BCUT2D eigenvalue weighted by molar-refractivity contribution is 0.0947. The SMILES string of the molecule is Cc1ccc(Nc2n[nH]nc2C(=O)NCc2cccs2)cc1C. The average Bonchev–Trinajstić information content (AvgIpc) is 3.20. The van der Waals surface area contributed by atoms with E-state index in [0.29, 0.717) is 12.4 Å². The Labute approximate surface area is 137 Å². The molecule has 0 bridgehead atoms. The fraction of sp³-hybridized carbons (Fsp3) is 0.188. The van der Waals surface area contributed by atoms with Crippen molar-refractivity contribution >= 4 is 28.7 Å². The van der Waals surface area contributed by atoms with E-state index in [4.69, 9.17) is 0 Å². The summed E-state index contributed by atoms with van der Waals surface area (Å²) in [7, 11) is 0. The summed E-state index contributed by atoms with van der Waals surface area (Å²) in [6.45, 7) is 4.57. The molecule has 0 aliphatic heterocycles. The second-order valence-electron chi connectivity index (χ2n) is 5.21. The molecule has 7 heteroatoms. The first kappa shape index (κ1) is 15.2. The third kappa shape index (κ3) is 3.57. The maximum absolute atomic E-state index is 12.3. The van der Waals surface area contributed by atoms with Gasteiger partial charge in [-0.05, 0) is 48.6 Å². The Morgan fingerprint density at radius 2 is 2.09 bits per heavy atom. The molecule has 3 aromatic rings. The van der Waals surface area contributed by atoms with Gasteiger partial charge in [0.1, 0.15) is 0 Å². The van der Waals surface area contributed by atoms with Crippen molar-refractivity contribution in [2.75, 3.05) is 5.32 Å². The number of aromatic nitrogens is 3. The molecule has 0 saturated heterocycles. The number of aryl methyl sites for hydroxylation is 2. The minimum Gasteiger partial charge on any atom is -0.346 e. The zero-order valence-corrected chi connectivity index (χ0v) is 13.7. The summed E-state index contributed by atoms with van der Waals surface area (Å²) in [6, 6.07) is 9.91. The number of carbonyl (C=O) groups is 1. The number of benzene rings is 1. The van der Waals surface area contributed by atoms with Gasteiger partial charge in [0, 0.05) is 10.6 Å². The molecule has 6 nitrogen and oxygen atoms in total. The van der Waals surface area contributed by atoms with Crippen molar-refractivity contribution in [2.45, 2.75) is 20.4 Å². The maximum Gasteiger partial charge on any atom is 0.276 e. The van der Waals surface area contributed by atoms with Crippen LogP contribution in [0.2, 0.25) is 0 Å². The van der Waals surface area contributed by atoms with Gasteiger partial charge in [-0.1, -0.05) is 12.1 Å². The number of hydrogen-bond acceptors (Lipinski definition) is 5. The number of hydrogen-bond donors (Lipinski definition) is 3. The highest BCUT2D eigenvalue weighted by Crippen LogP contribution is 2.20. The van der Waals surface area contributed by atoms with E-state index in [-0.39, 0.29) is 11.6 Å². The van der Waals surface area contributed by atoms with E-state index in [1.165, 1.54) is 11.1 Å². The number of carbonyl (C=O) groups excluding carboxylic acids is 1. The summed E-state index contributed by atoms with van der Waals surface area (Å²) in [6.07, 6.45) is 0. The van der Waals surface area contributed by atoms with E-state index in [1.54, 1.807) is 11.3 Å². The van der Waals surface area contributed by atoms with Crippen molar-refractivity contribution in [3.8, 4) is 0 Å². The van der Waals surface area contributed by atoms with Gasteiger partial charge in [0.25, 0.3) is 5.91 Å². The number of nitrogens with one attached hydrogen (secondary N) is 3. The van der Waals surface area contributed by atoms with Crippen LogP contribution < -0.4 is 10.6 Å². The molecule has 1 aromatic carbocycles. The van der Waals surface area contributed by atoms with Crippen LogP contribution in [0.5, 0.6) is 0 Å². The summed E-state index contributed by atoms with van der Waals surface area (Å²) in [5, 5.41) is 18.4. The number of H-pyrrole nitrogens is 1. The van der Waals surface area contributed by atoms with E-state index in [9.17, 15) is 4.79 Å². The van der Waals surface area contributed by atoms with E-state index >= 15 is 0 Å². The molecule has 3 rings (SSSR count). The molecule has 0 saturated carbocycles. The number of anilines is 2. The van der Waals surface area contributed by atoms with Gasteiger partial charge in [0.15, 0.2) is 11.5 Å². The second-order valence-corrected chi connectivity index (χ2v) is 6.24. The largest absolute Gasteiger partial charge is 0.346 e. The predicted octanol–water partition coefficient (Wildman–Crippen LogP) is 3.16. The number of thiophene rings is 1. The number of rotatable bonds is 5. The Balaban J connectivity index is 1.71. The first-order valence-corrected chi connectivity index (χ1v) is 8.07. The van der Waals surface area contributed by atoms with Crippen LogP contribution in [-0.4, -0.2) is 21.3 Å². The summed E-state index contributed by atoms with van der Waals surface area (Å²) in [5.41, 5.74) is 3.50. The van der Waals surface area contributed by atoms with Gasteiger partial charge in [-0.25, -0.2) is 0 Å². The molecule has 0 radical (unpaired) electrons. The Bertz CT molecular complexity index is 810. The molecular weight excluding hydrogens is 310 g/mol. The minimum absolute atomic E-state index is 0.250. The molecule has 0 aliphatic rings. The lowest BCUT2D eigenvalue weighted by Gasteiger charge is -2.07. The first-order chi connectivity index (χ1) is 11.1. The highest BCUT2D eigenvalue weighted by molar-refractivity contribution is 7.09. The molecule has 3 N–H and O–H groups in total. The van der Waals surface area contributed by atoms with Crippen molar-refractivity contribution in [1.82, 2.24) is 20.7 Å². The van der Waals surface area contributed by atoms with Gasteiger partial charge >= 0.3 is 0 Å². The number of aromatic amines is 1. The van der Waals surface area contributed by atoms with Gasteiger partial charge in [0.2, 0.25) is 0 Å². The minimum atomic E-state index is -0.265. The second kappa shape index (κ2) is 6.62. The topological polar surface area (TPSA) is 82.7 Å². The zero-order chi connectivity index (χ0) is 16.2. The highest BCUT2D eigenvalue weighted by atomic mass is 32.1. The van der Waals surface area contributed by atoms with Gasteiger partial charge in [0.05, 0.1) is 6.54 Å². The van der Waals surface area contributed by atoms with E-state index in [0.717, 1.165) is 10.6 Å². The van der Waals surface area contributed by atoms with Crippen molar-refractivity contribution in [2.24, 2.45) is 0 Å². The van der Waals surface area contributed by atoms with Crippen LogP contribution in [0.4, 0.5) is 11.5 Å². The molecule has 118 valence electrons. The summed E-state index contributed by atoms with van der Waals surface area (Å²) in [4.78, 5) is 13.4. The summed E-state index contributed by atoms with van der Waals surface area (Å²) >= 11 is 1.60. The molecule has 0 unspecified atom stereocenters. The fourth-order valence-electron chi connectivity index (χ4n) is 2.10. The third-order valence-corrected chi connectivity index (χ3v) is 4.41. The number of nitrogens with zero attached hydrogens (tertiary/aromatic N) is 2. The molecule has 0 fully saturated rings. The molecule has 23 heavy (non-hydrogen) atoms. The average molecular weight is 327 g/mol. The van der Waals surface area contributed by atoms with Crippen LogP contribution in [0.1, 0.15) is 26.5 Å². The normalized spacial score (nSPS) is 10.5. The maximum atomic E-state index is 12.3. The van der Waals surface area contributed by atoms with Crippen LogP contribution in [0.15, 0.2) is 35.7 Å². The van der Waals surface area contributed by atoms with Crippen LogP contribution in [0.3, 0.4) is 0 Å². The molecule has 0 spiro atoms. The Morgan fingerprint density at radius 1 is 1.22 bits per heavy atom. The van der Waals surface area contributed by atoms with Crippen LogP contribution >= 0.6 is 11.3 Å². The standard InChI is InChI=1S/C16H17N5OS/c1-10-5-6-12(8-11(10)2)18-15-14(19-21-20-15)16(22)17-9-13-4-3-7-23-13/h3-8H,9H2,1-2H3,(H,17,22)(H2,18,19,20,21). The predicted molar refractivity (Wildman–Crippen MR) is 91.1 cm³/mol. The first-order valence-electron chi connectivity index (χ1n) is 7.19.